The zero-order valence-corrected chi connectivity index (χ0v) is 18.7. The summed E-state index contributed by atoms with van der Waals surface area (Å²) in [6.07, 6.45) is 6.95. The lowest BCUT2D eigenvalue weighted by Gasteiger charge is -2.30. The maximum atomic E-state index is 14.3. The van der Waals surface area contributed by atoms with Crippen LogP contribution < -0.4 is 5.32 Å². The molecule has 2 fully saturated rings. The van der Waals surface area contributed by atoms with Gasteiger partial charge in [0.25, 0.3) is 5.91 Å². The van der Waals surface area contributed by atoms with E-state index in [1.807, 2.05) is 0 Å². The van der Waals surface area contributed by atoms with Crippen molar-refractivity contribution in [3.8, 4) is 0 Å². The van der Waals surface area contributed by atoms with Crippen molar-refractivity contribution in [1.82, 2.24) is 14.5 Å². The van der Waals surface area contributed by atoms with Crippen LogP contribution in [0.25, 0.3) is 0 Å². The van der Waals surface area contributed by atoms with Gasteiger partial charge in [-0.1, -0.05) is 13.3 Å². The number of carbonyl (C=O) groups excluding carboxylic acids is 1. The van der Waals surface area contributed by atoms with E-state index in [0.29, 0.717) is 19.6 Å². The van der Waals surface area contributed by atoms with E-state index in [-0.39, 0.29) is 11.5 Å². The zero-order chi connectivity index (χ0) is 21.6. The summed E-state index contributed by atoms with van der Waals surface area (Å²) in [5.74, 6) is -0.420. The molecule has 1 amide bonds. The summed E-state index contributed by atoms with van der Waals surface area (Å²) in [5.41, 5.74) is 0.178. The third kappa shape index (κ3) is 6.02. The average Bonchev–Trinajstić information content (AvgIpc) is 2.74. The number of carbonyl (C=O) groups is 1. The Morgan fingerprint density at radius 1 is 1.13 bits per heavy atom. The van der Waals surface area contributed by atoms with Gasteiger partial charge in [0.1, 0.15) is 10.7 Å². The van der Waals surface area contributed by atoms with Gasteiger partial charge in [0.05, 0.1) is 0 Å². The van der Waals surface area contributed by atoms with E-state index in [1.54, 1.807) is 0 Å². The van der Waals surface area contributed by atoms with Gasteiger partial charge < -0.3 is 10.2 Å². The van der Waals surface area contributed by atoms with Gasteiger partial charge in [-0.05, 0) is 75.7 Å². The topological polar surface area (TPSA) is 69.7 Å². The molecule has 2 aliphatic heterocycles. The van der Waals surface area contributed by atoms with Crippen LogP contribution in [0.2, 0.25) is 0 Å². The van der Waals surface area contributed by atoms with Gasteiger partial charge in [-0.2, -0.15) is 4.31 Å². The molecule has 168 valence electrons. The first kappa shape index (κ1) is 23.2. The summed E-state index contributed by atoms with van der Waals surface area (Å²) in [6.45, 7) is 6.94. The molecule has 8 heteroatoms. The van der Waals surface area contributed by atoms with Crippen LogP contribution in [-0.4, -0.2) is 62.8 Å². The van der Waals surface area contributed by atoms with Crippen LogP contribution in [0.3, 0.4) is 0 Å². The van der Waals surface area contributed by atoms with Gasteiger partial charge >= 0.3 is 0 Å². The van der Waals surface area contributed by atoms with Crippen LogP contribution in [0.15, 0.2) is 23.1 Å². The van der Waals surface area contributed by atoms with E-state index in [0.717, 1.165) is 63.7 Å². The Bertz CT molecular complexity index is 825. The lowest BCUT2D eigenvalue weighted by Crippen LogP contribution is -2.36. The normalized spacial score (nSPS) is 21.5. The Kier molecular flexibility index (Phi) is 8.25. The summed E-state index contributed by atoms with van der Waals surface area (Å²) < 4.78 is 41.2. The zero-order valence-electron chi connectivity index (χ0n) is 17.9. The van der Waals surface area contributed by atoms with Gasteiger partial charge in [0.2, 0.25) is 10.0 Å². The van der Waals surface area contributed by atoms with Crippen LogP contribution in [0.1, 0.15) is 62.2 Å². The molecule has 6 nitrogen and oxygen atoms in total. The minimum absolute atomic E-state index is 0.178. The van der Waals surface area contributed by atoms with Crippen molar-refractivity contribution < 1.29 is 17.6 Å². The first-order chi connectivity index (χ1) is 14.4. The van der Waals surface area contributed by atoms with E-state index in [2.05, 4.69) is 17.1 Å². The molecule has 0 radical (unpaired) electrons. The van der Waals surface area contributed by atoms with Crippen molar-refractivity contribution in [2.24, 2.45) is 5.92 Å². The van der Waals surface area contributed by atoms with Crippen molar-refractivity contribution in [1.29, 1.82) is 0 Å². The van der Waals surface area contributed by atoms with E-state index >= 15 is 0 Å². The number of unbranched alkanes of at least 4 members (excludes halogenated alkanes) is 1. The molecule has 2 aliphatic rings. The smallest absolute Gasteiger partial charge is 0.251 e. The van der Waals surface area contributed by atoms with E-state index < -0.39 is 20.7 Å². The number of hydrogen-bond acceptors (Lipinski definition) is 4. The van der Waals surface area contributed by atoms with Crippen LogP contribution >= 0.6 is 0 Å². The van der Waals surface area contributed by atoms with E-state index in [4.69, 9.17) is 0 Å². The maximum absolute atomic E-state index is 14.3. The number of nitrogens with zero attached hydrogens (tertiary/aromatic N) is 2. The minimum atomic E-state index is -3.92. The number of benzene rings is 1. The molecule has 3 rings (SSSR count). The van der Waals surface area contributed by atoms with Crippen LogP contribution in [0.5, 0.6) is 0 Å². The summed E-state index contributed by atoms with van der Waals surface area (Å²) in [6, 6.07) is 3.59. The third-order valence-corrected chi connectivity index (χ3v) is 7.97. The molecule has 1 atom stereocenters. The van der Waals surface area contributed by atoms with Crippen LogP contribution in [-0.2, 0) is 10.0 Å². The molecule has 30 heavy (non-hydrogen) atoms. The number of sulfonamides is 1. The molecule has 1 aromatic rings. The summed E-state index contributed by atoms with van der Waals surface area (Å²) in [7, 11) is -3.92. The van der Waals surface area contributed by atoms with Crippen molar-refractivity contribution in [2.45, 2.75) is 56.8 Å². The summed E-state index contributed by atoms with van der Waals surface area (Å²) in [5, 5.41) is 2.83. The van der Waals surface area contributed by atoms with Gasteiger partial charge in [-0.3, -0.25) is 4.79 Å². The van der Waals surface area contributed by atoms with E-state index in [1.165, 1.54) is 29.3 Å². The minimum Gasteiger partial charge on any atom is -0.352 e. The lowest BCUT2D eigenvalue weighted by atomic mass is 10.0. The SMILES string of the molecule is C[C@@H]1CCCN(CCCCNC(=O)c2ccc(F)c(S(=O)(=O)N3CCCCC3)c2)C1. The van der Waals surface area contributed by atoms with E-state index in [9.17, 15) is 17.6 Å². The summed E-state index contributed by atoms with van der Waals surface area (Å²) in [4.78, 5) is 14.5. The molecule has 1 N–H and O–H groups in total. The van der Waals surface area contributed by atoms with Gasteiger partial charge in [0, 0.05) is 31.7 Å². The predicted octanol–water partition coefficient (Wildman–Crippen LogP) is 3.24. The predicted molar refractivity (Wildman–Crippen MR) is 115 cm³/mol. The number of rotatable bonds is 8. The lowest BCUT2D eigenvalue weighted by molar-refractivity contribution is 0.0952. The fourth-order valence-corrected chi connectivity index (χ4v) is 5.95. The Morgan fingerprint density at radius 3 is 2.63 bits per heavy atom. The number of piperidine rings is 2. The van der Waals surface area contributed by atoms with Crippen molar-refractivity contribution in [3.63, 3.8) is 0 Å². The molecule has 1 aromatic carbocycles. The highest BCUT2D eigenvalue weighted by Gasteiger charge is 2.29. The Hall–Kier alpha value is -1.51. The monoisotopic (exact) mass is 439 g/mol. The summed E-state index contributed by atoms with van der Waals surface area (Å²) >= 11 is 0. The molecular formula is C22H34FN3O3S. The quantitative estimate of drug-likeness (QED) is 0.632. The molecule has 0 unspecified atom stereocenters. The highest BCUT2D eigenvalue weighted by atomic mass is 32.2. The second kappa shape index (κ2) is 10.7. The second-order valence-corrected chi connectivity index (χ2v) is 10.5. The van der Waals surface area contributed by atoms with Crippen molar-refractivity contribution >= 4 is 15.9 Å². The Labute approximate surface area is 179 Å². The van der Waals surface area contributed by atoms with Gasteiger partial charge in [-0.25, -0.2) is 12.8 Å². The molecule has 2 heterocycles. The van der Waals surface area contributed by atoms with Crippen LogP contribution in [0, 0.1) is 11.7 Å². The molecule has 0 saturated carbocycles. The largest absolute Gasteiger partial charge is 0.352 e. The van der Waals surface area contributed by atoms with Crippen molar-refractivity contribution in [3.05, 3.63) is 29.6 Å². The Balaban J connectivity index is 1.51. The molecule has 0 spiro atoms. The van der Waals surface area contributed by atoms with Gasteiger partial charge in [0.15, 0.2) is 0 Å². The molecule has 0 bridgehead atoms. The molecule has 0 aromatic heterocycles. The fourth-order valence-electron chi connectivity index (χ4n) is 4.34. The van der Waals surface area contributed by atoms with Crippen LogP contribution in [0.4, 0.5) is 4.39 Å². The first-order valence-electron chi connectivity index (χ1n) is 11.2. The maximum Gasteiger partial charge on any atom is 0.251 e. The molecule has 0 aliphatic carbocycles. The third-order valence-electron chi connectivity index (χ3n) is 6.05. The molecule has 2 saturated heterocycles. The Morgan fingerprint density at radius 2 is 1.90 bits per heavy atom. The standard InChI is InChI=1S/C22H34FN3O3S/c1-18-8-7-13-25(17-18)12-6-3-11-24-22(27)19-9-10-20(23)21(16-19)30(28,29)26-14-4-2-5-15-26/h9-10,16,18H,2-8,11-15,17H2,1H3,(H,24,27)/t18-/m1/s1. The fraction of sp³-hybridized carbons (Fsp3) is 0.682. The number of hydrogen-bond donors (Lipinski definition) is 1. The van der Waals surface area contributed by atoms with Crippen molar-refractivity contribution in [2.75, 3.05) is 39.3 Å². The first-order valence-corrected chi connectivity index (χ1v) is 12.6. The number of nitrogens with one attached hydrogen (secondary N) is 1. The number of amides is 1. The highest BCUT2D eigenvalue weighted by Crippen LogP contribution is 2.24. The average molecular weight is 440 g/mol. The number of halogens is 1. The number of likely N-dealkylation sites (tertiary alicyclic amines) is 1. The highest BCUT2D eigenvalue weighted by molar-refractivity contribution is 7.89. The second-order valence-electron chi connectivity index (χ2n) is 8.62. The molecular weight excluding hydrogens is 405 g/mol. The van der Waals surface area contributed by atoms with Gasteiger partial charge in [-0.15, -0.1) is 0 Å².